The Morgan fingerprint density at radius 1 is 0.974 bits per heavy atom. The zero-order chi connectivity index (χ0) is 26.2. The summed E-state index contributed by atoms with van der Waals surface area (Å²) in [5.41, 5.74) is 4.54. The van der Waals surface area contributed by atoms with Crippen molar-refractivity contribution in [2.75, 3.05) is 22.9 Å². The highest BCUT2D eigenvalue weighted by Crippen LogP contribution is 2.44. The molecule has 8 heteroatoms. The highest BCUT2D eigenvalue weighted by Gasteiger charge is 2.42. The second kappa shape index (κ2) is 10.4. The standard InChI is InChI=1S/C30H29ClFN5S/c1-20-12-16-35(17-13-20)26-11-10-23(19-24(26)31)37-29(28(34-30(37)38)25-8-2-3-14-33-25)27-9-5-15-36(27)22-7-4-6-21(32)18-22/h2-11,14-15,18-20,28-29H,12-13,16-17H2,1H3,(H,34,38)/t28-,29+/m0/s1. The lowest BCUT2D eigenvalue weighted by atomic mass is 9.98. The van der Waals surface area contributed by atoms with Gasteiger partial charge in [0.1, 0.15) is 11.9 Å². The molecule has 0 aliphatic carbocycles. The van der Waals surface area contributed by atoms with Crippen molar-refractivity contribution in [3.05, 3.63) is 107 Å². The van der Waals surface area contributed by atoms with Gasteiger partial charge in [-0.15, -0.1) is 0 Å². The van der Waals surface area contributed by atoms with E-state index < -0.39 is 0 Å². The van der Waals surface area contributed by atoms with E-state index in [1.807, 2.05) is 47.2 Å². The van der Waals surface area contributed by atoms with Crippen LogP contribution < -0.4 is 15.1 Å². The molecule has 4 aromatic rings. The minimum Gasteiger partial charge on any atom is -0.370 e. The Kier molecular flexibility index (Phi) is 6.80. The molecule has 0 bridgehead atoms. The zero-order valence-electron chi connectivity index (χ0n) is 21.1. The summed E-state index contributed by atoms with van der Waals surface area (Å²) in [5, 5.41) is 4.80. The number of halogens is 2. The maximum absolute atomic E-state index is 14.2. The Morgan fingerprint density at radius 3 is 2.55 bits per heavy atom. The van der Waals surface area contributed by atoms with E-state index >= 15 is 0 Å². The Hall–Kier alpha value is -3.42. The number of benzene rings is 2. The van der Waals surface area contributed by atoms with Crippen molar-refractivity contribution in [2.24, 2.45) is 5.92 Å². The second-order valence-electron chi connectivity index (χ2n) is 10.1. The van der Waals surface area contributed by atoms with Crippen molar-refractivity contribution in [3.8, 4) is 5.69 Å². The molecule has 2 aromatic heterocycles. The third-order valence-electron chi connectivity index (χ3n) is 7.60. The van der Waals surface area contributed by atoms with Crippen LogP contribution in [0.5, 0.6) is 0 Å². The number of anilines is 2. The van der Waals surface area contributed by atoms with Gasteiger partial charge < -0.3 is 19.7 Å². The summed E-state index contributed by atoms with van der Waals surface area (Å²) in [6.07, 6.45) is 6.08. The van der Waals surface area contributed by atoms with Crippen molar-refractivity contribution in [1.29, 1.82) is 0 Å². The lowest BCUT2D eigenvalue weighted by molar-refractivity contribution is 0.438. The van der Waals surface area contributed by atoms with Crippen LogP contribution in [0, 0.1) is 11.7 Å². The van der Waals surface area contributed by atoms with Gasteiger partial charge in [0.15, 0.2) is 5.11 Å². The van der Waals surface area contributed by atoms with Crippen LogP contribution in [0.3, 0.4) is 0 Å². The van der Waals surface area contributed by atoms with Crippen molar-refractivity contribution in [1.82, 2.24) is 14.9 Å². The van der Waals surface area contributed by atoms with E-state index in [0.717, 1.165) is 47.5 Å². The Morgan fingerprint density at radius 2 is 1.82 bits per heavy atom. The normalized spacial score (nSPS) is 20.1. The van der Waals surface area contributed by atoms with E-state index in [-0.39, 0.29) is 17.9 Å². The quantitative estimate of drug-likeness (QED) is 0.271. The smallest absolute Gasteiger partial charge is 0.174 e. The van der Waals surface area contributed by atoms with Gasteiger partial charge >= 0.3 is 0 Å². The number of nitrogens with zero attached hydrogens (tertiary/aromatic N) is 4. The number of pyridine rings is 1. The largest absolute Gasteiger partial charge is 0.370 e. The third kappa shape index (κ3) is 4.65. The first kappa shape index (κ1) is 24.9. The molecule has 0 radical (unpaired) electrons. The van der Waals surface area contributed by atoms with Crippen LogP contribution in [-0.2, 0) is 0 Å². The van der Waals surface area contributed by atoms with Gasteiger partial charge in [-0.25, -0.2) is 4.39 Å². The average Bonchev–Trinajstić information content (AvgIpc) is 3.54. The minimum absolute atomic E-state index is 0.215. The van der Waals surface area contributed by atoms with E-state index in [4.69, 9.17) is 23.8 Å². The predicted octanol–water partition coefficient (Wildman–Crippen LogP) is 7.08. The molecule has 2 aromatic carbocycles. The number of hydrogen-bond acceptors (Lipinski definition) is 3. The van der Waals surface area contributed by atoms with Gasteiger partial charge in [-0.2, -0.15) is 0 Å². The second-order valence-corrected chi connectivity index (χ2v) is 10.9. The van der Waals surface area contributed by atoms with Crippen LogP contribution in [0.4, 0.5) is 15.8 Å². The molecular weight excluding hydrogens is 517 g/mol. The molecule has 1 N–H and O–H groups in total. The molecule has 5 nitrogen and oxygen atoms in total. The summed E-state index contributed by atoms with van der Waals surface area (Å²) < 4.78 is 16.2. The fourth-order valence-corrected chi connectivity index (χ4v) is 6.22. The number of hydrogen-bond donors (Lipinski definition) is 1. The molecule has 0 spiro atoms. The van der Waals surface area contributed by atoms with Crippen LogP contribution in [0.15, 0.2) is 85.2 Å². The molecule has 0 amide bonds. The van der Waals surface area contributed by atoms with Gasteiger partial charge in [-0.3, -0.25) is 4.98 Å². The lowest BCUT2D eigenvalue weighted by Crippen LogP contribution is -2.33. The summed E-state index contributed by atoms with van der Waals surface area (Å²) in [6, 6.07) is 22.3. The summed E-state index contributed by atoms with van der Waals surface area (Å²) in [7, 11) is 0. The maximum atomic E-state index is 14.2. The van der Waals surface area contributed by atoms with Crippen molar-refractivity contribution < 1.29 is 4.39 Å². The average molecular weight is 546 g/mol. The summed E-state index contributed by atoms with van der Waals surface area (Å²) in [4.78, 5) is 9.12. The Bertz CT molecular complexity index is 1450. The molecule has 0 unspecified atom stereocenters. The topological polar surface area (TPSA) is 36.3 Å². The first-order chi connectivity index (χ1) is 18.5. The van der Waals surface area contributed by atoms with Gasteiger partial charge in [-0.1, -0.05) is 30.7 Å². The van der Waals surface area contributed by atoms with Crippen molar-refractivity contribution in [3.63, 3.8) is 0 Å². The fourth-order valence-electron chi connectivity index (χ4n) is 5.58. The van der Waals surface area contributed by atoms with Gasteiger partial charge in [0.25, 0.3) is 0 Å². The van der Waals surface area contributed by atoms with E-state index in [1.165, 1.54) is 25.0 Å². The fraction of sp³-hybridized carbons (Fsp3) is 0.267. The minimum atomic E-state index is -0.283. The molecule has 2 fully saturated rings. The molecule has 194 valence electrons. The number of piperidine rings is 1. The number of aromatic nitrogens is 2. The van der Waals surface area contributed by atoms with Crippen LogP contribution >= 0.6 is 23.8 Å². The maximum Gasteiger partial charge on any atom is 0.174 e. The SMILES string of the molecule is CC1CCN(c2ccc(N3C(=S)N[C@@H](c4ccccn4)[C@H]3c3cccn3-c3cccc(F)c3)cc2Cl)CC1. The van der Waals surface area contributed by atoms with Crippen LogP contribution in [0.2, 0.25) is 5.02 Å². The molecule has 2 aliphatic heterocycles. The number of rotatable bonds is 5. The Labute approximate surface area is 232 Å². The van der Waals surface area contributed by atoms with Crippen molar-refractivity contribution >= 4 is 40.3 Å². The highest BCUT2D eigenvalue weighted by atomic mass is 35.5. The van der Waals surface area contributed by atoms with Gasteiger partial charge in [0, 0.05) is 42.6 Å². The molecular formula is C30H29ClFN5S. The third-order valence-corrected chi connectivity index (χ3v) is 8.22. The number of thiocarbonyl (C=S) groups is 1. The molecule has 2 atom stereocenters. The van der Waals surface area contributed by atoms with E-state index in [1.54, 1.807) is 12.3 Å². The van der Waals surface area contributed by atoms with Crippen LogP contribution in [0.1, 0.15) is 43.2 Å². The van der Waals surface area contributed by atoms with Crippen LogP contribution in [0.25, 0.3) is 5.69 Å². The Balaban J connectivity index is 1.42. The van der Waals surface area contributed by atoms with E-state index in [0.29, 0.717) is 10.1 Å². The van der Waals surface area contributed by atoms with Gasteiger partial charge in [-0.05, 0) is 91.6 Å². The lowest BCUT2D eigenvalue weighted by Gasteiger charge is -2.33. The molecule has 4 heterocycles. The zero-order valence-corrected chi connectivity index (χ0v) is 22.7. The van der Waals surface area contributed by atoms with E-state index in [2.05, 4.69) is 45.2 Å². The first-order valence-corrected chi connectivity index (χ1v) is 13.8. The summed E-state index contributed by atoms with van der Waals surface area (Å²) in [5.74, 6) is 0.464. The summed E-state index contributed by atoms with van der Waals surface area (Å²) >= 11 is 12.8. The predicted molar refractivity (Wildman–Crippen MR) is 156 cm³/mol. The molecule has 2 saturated heterocycles. The molecule has 38 heavy (non-hydrogen) atoms. The van der Waals surface area contributed by atoms with Crippen LogP contribution in [-0.4, -0.2) is 27.8 Å². The first-order valence-electron chi connectivity index (χ1n) is 13.0. The molecule has 6 rings (SSSR count). The van der Waals surface area contributed by atoms with Gasteiger partial charge in [0.2, 0.25) is 0 Å². The van der Waals surface area contributed by atoms with Gasteiger partial charge in [0.05, 0.1) is 22.4 Å². The highest BCUT2D eigenvalue weighted by molar-refractivity contribution is 7.80. The number of nitrogens with one attached hydrogen (secondary N) is 1. The molecule has 2 aliphatic rings. The van der Waals surface area contributed by atoms with E-state index in [9.17, 15) is 4.39 Å². The summed E-state index contributed by atoms with van der Waals surface area (Å²) in [6.45, 7) is 4.33. The van der Waals surface area contributed by atoms with Crippen molar-refractivity contribution in [2.45, 2.75) is 31.8 Å². The molecule has 0 saturated carbocycles. The monoisotopic (exact) mass is 545 g/mol.